The summed E-state index contributed by atoms with van der Waals surface area (Å²) in [5, 5.41) is 5.75. The van der Waals surface area contributed by atoms with Crippen molar-refractivity contribution in [3.8, 4) is 0 Å². The maximum atomic E-state index is 12.7. The van der Waals surface area contributed by atoms with Crippen molar-refractivity contribution >= 4 is 21.7 Å². The van der Waals surface area contributed by atoms with Crippen LogP contribution in [0.2, 0.25) is 0 Å². The zero-order valence-electron chi connectivity index (χ0n) is 14.5. The molecule has 2 fully saturated rings. The van der Waals surface area contributed by atoms with Crippen LogP contribution in [0.3, 0.4) is 0 Å². The molecule has 7 heteroatoms. The molecule has 2 aliphatic rings. The van der Waals surface area contributed by atoms with Crippen LogP contribution in [0.25, 0.3) is 0 Å². The van der Waals surface area contributed by atoms with Gasteiger partial charge in [0, 0.05) is 24.8 Å². The average Bonchev–Trinajstić information content (AvgIpc) is 2.63. The lowest BCUT2D eigenvalue weighted by Crippen LogP contribution is -2.39. The zero-order valence-corrected chi connectivity index (χ0v) is 15.4. The maximum absolute atomic E-state index is 12.7. The number of benzene rings is 1. The molecule has 138 valence electrons. The molecule has 1 saturated heterocycles. The van der Waals surface area contributed by atoms with Gasteiger partial charge in [0.2, 0.25) is 10.0 Å². The van der Waals surface area contributed by atoms with E-state index in [1.165, 1.54) is 10.7 Å². The van der Waals surface area contributed by atoms with Gasteiger partial charge in [-0.1, -0.05) is 31.7 Å². The first-order valence-corrected chi connectivity index (χ1v) is 10.7. The van der Waals surface area contributed by atoms with Crippen LogP contribution >= 0.6 is 0 Å². The number of amides is 2. The van der Waals surface area contributed by atoms with E-state index in [0.717, 1.165) is 44.9 Å². The highest BCUT2D eigenvalue weighted by Crippen LogP contribution is 2.23. The summed E-state index contributed by atoms with van der Waals surface area (Å²) >= 11 is 0. The molecule has 2 amide bonds. The Kier molecular flexibility index (Phi) is 5.96. The first-order chi connectivity index (χ1) is 12.1. The second kappa shape index (κ2) is 8.19. The maximum Gasteiger partial charge on any atom is 0.319 e. The lowest BCUT2D eigenvalue weighted by molar-refractivity contribution is 0.244. The van der Waals surface area contributed by atoms with Crippen LogP contribution in [0.15, 0.2) is 29.2 Å². The second-order valence-corrected chi connectivity index (χ2v) is 8.86. The molecule has 25 heavy (non-hydrogen) atoms. The summed E-state index contributed by atoms with van der Waals surface area (Å²) in [6.45, 7) is 1.14. The van der Waals surface area contributed by atoms with Gasteiger partial charge in [-0.05, 0) is 43.9 Å². The number of urea groups is 1. The predicted octanol–water partition coefficient (Wildman–Crippen LogP) is 3.32. The minimum Gasteiger partial charge on any atom is -0.335 e. The van der Waals surface area contributed by atoms with Crippen molar-refractivity contribution in [2.45, 2.75) is 62.3 Å². The van der Waals surface area contributed by atoms with E-state index >= 15 is 0 Å². The smallest absolute Gasteiger partial charge is 0.319 e. The predicted molar refractivity (Wildman–Crippen MR) is 98.1 cm³/mol. The number of carbonyl (C=O) groups excluding carboxylic acids is 1. The molecule has 1 aromatic rings. The highest BCUT2D eigenvalue weighted by molar-refractivity contribution is 7.89. The summed E-state index contributed by atoms with van der Waals surface area (Å²) in [7, 11) is -3.49. The molecule has 0 unspecified atom stereocenters. The van der Waals surface area contributed by atoms with Crippen molar-refractivity contribution in [1.82, 2.24) is 9.62 Å². The van der Waals surface area contributed by atoms with Crippen LogP contribution in [-0.2, 0) is 10.0 Å². The molecular formula is C18H27N3O3S. The van der Waals surface area contributed by atoms with E-state index < -0.39 is 10.0 Å². The third-order valence-corrected chi connectivity index (χ3v) is 6.88. The number of nitrogens with one attached hydrogen (secondary N) is 2. The first-order valence-electron chi connectivity index (χ1n) is 9.23. The molecule has 0 spiro atoms. The van der Waals surface area contributed by atoms with E-state index in [1.54, 1.807) is 24.3 Å². The zero-order chi connectivity index (χ0) is 17.7. The monoisotopic (exact) mass is 365 g/mol. The number of rotatable bonds is 4. The van der Waals surface area contributed by atoms with Gasteiger partial charge in [0.15, 0.2) is 0 Å². The van der Waals surface area contributed by atoms with E-state index in [-0.39, 0.29) is 17.0 Å². The van der Waals surface area contributed by atoms with Crippen LogP contribution in [0.5, 0.6) is 0 Å². The van der Waals surface area contributed by atoms with Gasteiger partial charge in [-0.3, -0.25) is 0 Å². The fraction of sp³-hybridized carbons (Fsp3) is 0.611. The van der Waals surface area contributed by atoms with Crippen molar-refractivity contribution in [2.24, 2.45) is 0 Å². The van der Waals surface area contributed by atoms with Crippen molar-refractivity contribution in [3.63, 3.8) is 0 Å². The Hall–Kier alpha value is -1.60. The summed E-state index contributed by atoms with van der Waals surface area (Å²) < 4.78 is 27.0. The number of hydrogen-bond acceptors (Lipinski definition) is 3. The van der Waals surface area contributed by atoms with Crippen molar-refractivity contribution < 1.29 is 13.2 Å². The lowest BCUT2D eigenvalue weighted by Gasteiger charge is -2.26. The first kappa shape index (κ1) is 18.2. The fourth-order valence-electron chi connectivity index (χ4n) is 3.59. The Bertz CT molecular complexity index is 693. The van der Waals surface area contributed by atoms with Gasteiger partial charge in [-0.25, -0.2) is 13.2 Å². The summed E-state index contributed by atoms with van der Waals surface area (Å²) in [5.41, 5.74) is 0.506. The average molecular weight is 365 g/mol. The Morgan fingerprint density at radius 3 is 2.40 bits per heavy atom. The molecule has 1 aliphatic carbocycles. The molecule has 1 heterocycles. The molecular weight excluding hydrogens is 338 g/mol. The Balaban J connectivity index is 1.65. The molecule has 3 rings (SSSR count). The van der Waals surface area contributed by atoms with E-state index in [0.29, 0.717) is 18.8 Å². The minimum atomic E-state index is -3.49. The third kappa shape index (κ3) is 4.73. The topological polar surface area (TPSA) is 78.5 Å². The third-order valence-electron chi connectivity index (χ3n) is 4.99. The Morgan fingerprint density at radius 2 is 1.68 bits per heavy atom. The summed E-state index contributed by atoms with van der Waals surface area (Å²) in [4.78, 5) is 12.4. The van der Waals surface area contributed by atoms with Crippen molar-refractivity contribution in [1.29, 1.82) is 0 Å². The summed E-state index contributed by atoms with van der Waals surface area (Å²) in [6, 6.07) is 6.48. The van der Waals surface area contributed by atoms with Gasteiger partial charge in [0.25, 0.3) is 0 Å². The number of anilines is 1. The molecule has 2 N–H and O–H groups in total. The van der Waals surface area contributed by atoms with Crippen LogP contribution in [0, 0.1) is 0 Å². The van der Waals surface area contributed by atoms with Crippen LogP contribution in [0.4, 0.5) is 10.5 Å². The van der Waals surface area contributed by atoms with Gasteiger partial charge >= 0.3 is 6.03 Å². The van der Waals surface area contributed by atoms with Crippen molar-refractivity contribution in [2.75, 3.05) is 18.4 Å². The van der Waals surface area contributed by atoms with Gasteiger partial charge in [0.1, 0.15) is 0 Å². The van der Waals surface area contributed by atoms with Crippen LogP contribution in [-0.4, -0.2) is 37.9 Å². The van der Waals surface area contributed by atoms with Gasteiger partial charge in [0.05, 0.1) is 4.90 Å². The van der Waals surface area contributed by atoms with E-state index in [4.69, 9.17) is 0 Å². The molecule has 1 saturated carbocycles. The molecule has 6 nitrogen and oxygen atoms in total. The molecule has 0 aromatic heterocycles. The minimum absolute atomic E-state index is 0.217. The summed E-state index contributed by atoms with van der Waals surface area (Å²) in [6.07, 6.45) is 8.43. The van der Waals surface area contributed by atoms with Crippen LogP contribution in [0.1, 0.15) is 51.4 Å². The fourth-order valence-corrected chi connectivity index (χ4v) is 5.15. The quantitative estimate of drug-likeness (QED) is 0.859. The molecule has 0 radical (unpaired) electrons. The van der Waals surface area contributed by atoms with E-state index in [2.05, 4.69) is 10.6 Å². The van der Waals surface area contributed by atoms with E-state index in [1.807, 2.05) is 0 Å². The number of carbonyl (C=O) groups is 1. The van der Waals surface area contributed by atoms with Gasteiger partial charge < -0.3 is 10.6 Å². The molecule has 1 aliphatic heterocycles. The van der Waals surface area contributed by atoms with Gasteiger partial charge in [-0.15, -0.1) is 0 Å². The second-order valence-electron chi connectivity index (χ2n) is 6.93. The highest BCUT2D eigenvalue weighted by atomic mass is 32.2. The van der Waals surface area contributed by atoms with E-state index in [9.17, 15) is 13.2 Å². The molecule has 0 bridgehead atoms. The number of sulfonamides is 1. The number of nitrogens with zero attached hydrogens (tertiary/aromatic N) is 1. The highest BCUT2D eigenvalue weighted by Gasteiger charge is 2.26. The molecule has 1 aromatic carbocycles. The van der Waals surface area contributed by atoms with Gasteiger partial charge in [-0.2, -0.15) is 4.31 Å². The molecule has 0 atom stereocenters. The Morgan fingerprint density at radius 1 is 1.00 bits per heavy atom. The van der Waals surface area contributed by atoms with Crippen LogP contribution < -0.4 is 10.6 Å². The van der Waals surface area contributed by atoms with Crippen molar-refractivity contribution in [3.05, 3.63) is 24.3 Å². The largest absolute Gasteiger partial charge is 0.335 e. The SMILES string of the molecule is O=C(Nc1cccc(S(=O)(=O)N2CCCCC2)c1)NC1CCCCC1. The Labute approximate surface area is 150 Å². The standard InChI is InChI=1S/C18H27N3O3S/c22-18(19-15-8-3-1-4-9-15)20-16-10-7-11-17(14-16)25(23,24)21-12-5-2-6-13-21/h7,10-11,14-15H,1-6,8-9,12-13H2,(H2,19,20,22). The lowest BCUT2D eigenvalue weighted by atomic mass is 9.96. The summed E-state index contributed by atoms with van der Waals surface area (Å²) in [5.74, 6) is 0. The normalized spacial score (nSPS) is 20.2. The number of hydrogen-bond donors (Lipinski definition) is 2. The number of piperidine rings is 1.